The Labute approximate surface area is 191 Å². The smallest absolute Gasteiger partial charge is 0.253 e. The number of carbonyl (C=O) groups excluding carboxylic acids is 2. The van der Waals surface area contributed by atoms with E-state index in [4.69, 9.17) is 9.97 Å². The van der Waals surface area contributed by atoms with Crippen molar-refractivity contribution in [1.82, 2.24) is 14.9 Å². The molecule has 2 amide bonds. The highest BCUT2D eigenvalue weighted by atomic mass is 19.1. The number of hydrogen-bond donors (Lipinski definition) is 0. The number of nitrogens with zero attached hydrogens (tertiary/aromatic N) is 5. The van der Waals surface area contributed by atoms with E-state index >= 15 is 0 Å². The predicted octanol–water partition coefficient (Wildman–Crippen LogP) is 3.49. The molecule has 0 saturated carbocycles. The first-order chi connectivity index (χ1) is 16.0. The highest BCUT2D eigenvalue weighted by molar-refractivity contribution is 5.99. The van der Waals surface area contributed by atoms with E-state index in [1.54, 1.807) is 9.80 Å². The molecule has 1 atom stereocenters. The molecular weight excluding hydrogens is 421 g/mol. The van der Waals surface area contributed by atoms with Crippen molar-refractivity contribution in [2.45, 2.75) is 19.3 Å². The van der Waals surface area contributed by atoms with Crippen molar-refractivity contribution in [2.24, 2.45) is 5.92 Å². The largest absolute Gasteiger partial charge is 0.357 e. The van der Waals surface area contributed by atoms with Crippen LogP contribution in [0, 0.1) is 11.7 Å². The minimum atomic E-state index is -0.378. The molecule has 170 valence electrons. The Hall–Kier alpha value is -3.55. The molecule has 0 radical (unpaired) electrons. The van der Waals surface area contributed by atoms with Gasteiger partial charge in [-0.3, -0.25) is 14.5 Å². The summed E-state index contributed by atoms with van der Waals surface area (Å²) in [7, 11) is 1.97. The third-order valence-corrected chi connectivity index (χ3v) is 6.44. The lowest BCUT2D eigenvalue weighted by Crippen LogP contribution is -2.47. The SMILES string of the molecule is CN1CCCN(C(=O)C2CCCN(C(=O)c3ccc(F)cc3)C2)c2nc3ccccc3nc21. The third-order valence-electron chi connectivity index (χ3n) is 6.44. The van der Waals surface area contributed by atoms with Crippen LogP contribution in [0.5, 0.6) is 0 Å². The predicted molar refractivity (Wildman–Crippen MR) is 125 cm³/mol. The standard InChI is InChI=1S/C25H26FN5O2/c1-29-13-5-15-31(23-22(29)27-20-7-2-3-8-21(20)28-23)25(33)18-6-4-14-30(16-18)24(32)17-9-11-19(26)12-10-17/h2-3,7-12,18H,4-6,13-16H2,1H3. The van der Waals surface area contributed by atoms with Crippen molar-refractivity contribution in [3.05, 3.63) is 59.9 Å². The Kier molecular flexibility index (Phi) is 5.66. The van der Waals surface area contributed by atoms with Crippen LogP contribution in [0.25, 0.3) is 11.0 Å². The number of aromatic nitrogens is 2. The summed E-state index contributed by atoms with van der Waals surface area (Å²) < 4.78 is 13.3. The maximum Gasteiger partial charge on any atom is 0.253 e. The van der Waals surface area contributed by atoms with Gasteiger partial charge in [0.05, 0.1) is 17.0 Å². The molecule has 2 aliphatic rings. The molecule has 3 aromatic rings. The monoisotopic (exact) mass is 447 g/mol. The summed E-state index contributed by atoms with van der Waals surface area (Å²) in [5, 5.41) is 0. The van der Waals surface area contributed by atoms with E-state index in [1.807, 2.05) is 36.2 Å². The van der Waals surface area contributed by atoms with Crippen molar-refractivity contribution >= 4 is 34.5 Å². The van der Waals surface area contributed by atoms with Gasteiger partial charge in [-0.1, -0.05) is 12.1 Å². The molecule has 1 unspecified atom stereocenters. The van der Waals surface area contributed by atoms with Crippen LogP contribution in [0.3, 0.4) is 0 Å². The van der Waals surface area contributed by atoms with E-state index in [2.05, 4.69) is 0 Å². The second kappa shape index (κ2) is 8.77. The zero-order valence-electron chi connectivity index (χ0n) is 18.6. The molecule has 0 bridgehead atoms. The Balaban J connectivity index is 1.41. The molecule has 1 fully saturated rings. The minimum absolute atomic E-state index is 0.0206. The zero-order valence-corrected chi connectivity index (χ0v) is 18.6. The van der Waals surface area contributed by atoms with Crippen LogP contribution in [0.1, 0.15) is 29.6 Å². The molecule has 2 aliphatic heterocycles. The fourth-order valence-electron chi connectivity index (χ4n) is 4.67. The van der Waals surface area contributed by atoms with Gasteiger partial charge >= 0.3 is 0 Å². The van der Waals surface area contributed by atoms with Gasteiger partial charge in [0.25, 0.3) is 5.91 Å². The van der Waals surface area contributed by atoms with Gasteiger partial charge in [0, 0.05) is 38.8 Å². The number of fused-ring (bicyclic) bond motifs is 2. The van der Waals surface area contributed by atoms with Gasteiger partial charge < -0.3 is 9.80 Å². The van der Waals surface area contributed by atoms with E-state index in [0.717, 1.165) is 30.4 Å². The first-order valence-corrected chi connectivity index (χ1v) is 11.4. The summed E-state index contributed by atoms with van der Waals surface area (Å²) in [4.78, 5) is 41.8. The summed E-state index contributed by atoms with van der Waals surface area (Å²) in [6.07, 6.45) is 2.27. The topological polar surface area (TPSA) is 69.6 Å². The molecule has 0 spiro atoms. The van der Waals surface area contributed by atoms with Crippen molar-refractivity contribution in [3.63, 3.8) is 0 Å². The van der Waals surface area contributed by atoms with E-state index in [1.165, 1.54) is 24.3 Å². The van der Waals surface area contributed by atoms with E-state index in [0.29, 0.717) is 43.3 Å². The number of benzene rings is 2. The number of likely N-dealkylation sites (tertiary alicyclic amines) is 1. The Bertz CT molecular complexity index is 1200. The first kappa shape index (κ1) is 21.3. The molecular formula is C25H26FN5O2. The van der Waals surface area contributed by atoms with Crippen LogP contribution >= 0.6 is 0 Å². The average molecular weight is 448 g/mol. The highest BCUT2D eigenvalue weighted by Crippen LogP contribution is 2.32. The van der Waals surface area contributed by atoms with Gasteiger partial charge in [0.1, 0.15) is 5.82 Å². The number of rotatable bonds is 2. The summed E-state index contributed by atoms with van der Waals surface area (Å²) in [5.41, 5.74) is 1.98. The molecule has 1 aromatic heterocycles. The van der Waals surface area contributed by atoms with Gasteiger partial charge in [0.2, 0.25) is 5.91 Å². The normalized spacial score (nSPS) is 18.7. The number of piperidine rings is 1. The van der Waals surface area contributed by atoms with Crippen molar-refractivity contribution < 1.29 is 14.0 Å². The molecule has 2 aromatic carbocycles. The molecule has 3 heterocycles. The molecule has 7 nitrogen and oxygen atoms in total. The Morgan fingerprint density at radius 3 is 2.33 bits per heavy atom. The number of para-hydroxylation sites is 2. The molecule has 33 heavy (non-hydrogen) atoms. The Morgan fingerprint density at radius 1 is 0.909 bits per heavy atom. The van der Waals surface area contributed by atoms with Crippen molar-refractivity contribution in [3.8, 4) is 0 Å². The van der Waals surface area contributed by atoms with Crippen LogP contribution in [0.4, 0.5) is 16.0 Å². The number of anilines is 2. The first-order valence-electron chi connectivity index (χ1n) is 11.4. The van der Waals surface area contributed by atoms with Crippen LogP contribution < -0.4 is 9.80 Å². The van der Waals surface area contributed by atoms with Crippen LogP contribution in [-0.4, -0.2) is 59.9 Å². The lowest BCUT2D eigenvalue weighted by atomic mass is 9.95. The molecule has 1 saturated heterocycles. The van der Waals surface area contributed by atoms with Crippen LogP contribution in [0.2, 0.25) is 0 Å². The van der Waals surface area contributed by atoms with Gasteiger partial charge in [0.15, 0.2) is 11.6 Å². The van der Waals surface area contributed by atoms with E-state index < -0.39 is 0 Å². The number of hydrogen-bond acceptors (Lipinski definition) is 5. The number of amides is 2. The van der Waals surface area contributed by atoms with Crippen LogP contribution in [-0.2, 0) is 4.79 Å². The highest BCUT2D eigenvalue weighted by Gasteiger charge is 2.35. The van der Waals surface area contributed by atoms with E-state index in [-0.39, 0.29) is 23.5 Å². The molecule has 0 aliphatic carbocycles. The summed E-state index contributed by atoms with van der Waals surface area (Å²) >= 11 is 0. The molecule has 5 rings (SSSR count). The summed E-state index contributed by atoms with van der Waals surface area (Å²) in [6, 6.07) is 13.2. The summed E-state index contributed by atoms with van der Waals surface area (Å²) in [5.74, 6) is 0.404. The number of halogens is 1. The summed E-state index contributed by atoms with van der Waals surface area (Å²) in [6.45, 7) is 2.27. The zero-order chi connectivity index (χ0) is 22.9. The minimum Gasteiger partial charge on any atom is -0.357 e. The maximum atomic E-state index is 13.7. The molecule has 0 N–H and O–H groups in total. The second-order valence-electron chi connectivity index (χ2n) is 8.72. The lowest BCUT2D eigenvalue weighted by Gasteiger charge is -2.34. The van der Waals surface area contributed by atoms with Gasteiger partial charge in [-0.05, 0) is 55.7 Å². The van der Waals surface area contributed by atoms with Crippen molar-refractivity contribution in [2.75, 3.05) is 43.0 Å². The average Bonchev–Trinajstić information content (AvgIpc) is 3.01. The fraction of sp³-hybridized carbons (Fsp3) is 0.360. The lowest BCUT2D eigenvalue weighted by molar-refractivity contribution is -0.123. The van der Waals surface area contributed by atoms with Gasteiger partial charge in [-0.2, -0.15) is 0 Å². The maximum absolute atomic E-state index is 13.7. The van der Waals surface area contributed by atoms with Gasteiger partial charge in [-0.15, -0.1) is 0 Å². The van der Waals surface area contributed by atoms with Gasteiger partial charge in [-0.25, -0.2) is 14.4 Å². The van der Waals surface area contributed by atoms with Crippen molar-refractivity contribution in [1.29, 1.82) is 0 Å². The molecule has 8 heteroatoms. The third kappa shape index (κ3) is 4.13. The number of carbonyl (C=O) groups is 2. The van der Waals surface area contributed by atoms with Crippen LogP contribution in [0.15, 0.2) is 48.5 Å². The second-order valence-corrected chi connectivity index (χ2v) is 8.72. The fourth-order valence-corrected chi connectivity index (χ4v) is 4.67. The van der Waals surface area contributed by atoms with E-state index in [9.17, 15) is 14.0 Å². The quantitative estimate of drug-likeness (QED) is 0.602. The Morgan fingerprint density at radius 2 is 1.61 bits per heavy atom.